The van der Waals surface area contributed by atoms with Crippen LogP contribution in [-0.4, -0.2) is 35.9 Å². The van der Waals surface area contributed by atoms with Gasteiger partial charge in [0.25, 0.3) is 5.91 Å². The van der Waals surface area contributed by atoms with Gasteiger partial charge in [-0.3, -0.25) is 9.48 Å². The van der Waals surface area contributed by atoms with Crippen LogP contribution in [0.25, 0.3) is 0 Å². The van der Waals surface area contributed by atoms with Gasteiger partial charge in [0.15, 0.2) is 5.69 Å². The molecule has 1 aromatic rings. The van der Waals surface area contributed by atoms with Gasteiger partial charge in [0.05, 0.1) is 11.7 Å². The normalized spacial score (nSPS) is 15.8. The first-order valence-corrected chi connectivity index (χ1v) is 6.84. The van der Waals surface area contributed by atoms with Crippen LogP contribution in [0.1, 0.15) is 48.6 Å². The molecule has 1 amide bonds. The van der Waals surface area contributed by atoms with Crippen LogP contribution in [0.15, 0.2) is 6.20 Å². The number of methoxy groups -OCH3 is 1. The summed E-state index contributed by atoms with van der Waals surface area (Å²) in [7, 11) is 1.64. The zero-order valence-electron chi connectivity index (χ0n) is 11.4. The maximum absolute atomic E-state index is 11.9. The highest BCUT2D eigenvalue weighted by Gasteiger charge is 2.21. The van der Waals surface area contributed by atoms with Crippen LogP contribution in [0.3, 0.4) is 0 Å². The molecule has 1 heterocycles. The smallest absolute Gasteiger partial charge is 0.273 e. The predicted octanol–water partition coefficient (Wildman–Crippen LogP) is 1.35. The summed E-state index contributed by atoms with van der Waals surface area (Å²) in [4.78, 5) is 11.9. The molecule has 19 heavy (non-hydrogen) atoms. The summed E-state index contributed by atoms with van der Waals surface area (Å²) in [6.07, 6.45) is 7.25. The number of nitrogens with two attached hydrogens (primary N) is 1. The highest BCUT2D eigenvalue weighted by Crippen LogP contribution is 2.29. The lowest BCUT2D eigenvalue weighted by Gasteiger charge is -2.08. The third kappa shape index (κ3) is 3.47. The number of hydrogen-bond acceptors (Lipinski definition) is 4. The molecule has 6 heteroatoms. The summed E-state index contributed by atoms with van der Waals surface area (Å²) < 4.78 is 6.78. The number of ether oxygens (including phenoxy) is 1. The third-order valence-electron chi connectivity index (χ3n) is 3.48. The van der Waals surface area contributed by atoms with E-state index in [0.717, 1.165) is 19.3 Å². The SMILES string of the molecule is COCCCNC(=O)c1nn(C2CCCC2)cc1N. The van der Waals surface area contributed by atoms with Gasteiger partial charge in [-0.15, -0.1) is 0 Å². The quantitative estimate of drug-likeness (QED) is 0.761. The standard InChI is InChI=1S/C13H22N4O2/c1-19-8-4-7-15-13(18)12-11(14)9-17(16-12)10-5-2-3-6-10/h9-10H,2-8,14H2,1H3,(H,15,18). The fourth-order valence-corrected chi connectivity index (χ4v) is 2.44. The van der Waals surface area contributed by atoms with Gasteiger partial charge in [-0.2, -0.15) is 5.10 Å². The fourth-order valence-electron chi connectivity index (χ4n) is 2.44. The van der Waals surface area contributed by atoms with Gasteiger partial charge >= 0.3 is 0 Å². The van der Waals surface area contributed by atoms with Crippen LogP contribution in [0, 0.1) is 0 Å². The lowest BCUT2D eigenvalue weighted by molar-refractivity contribution is 0.0943. The molecule has 0 bridgehead atoms. The van der Waals surface area contributed by atoms with E-state index < -0.39 is 0 Å². The van der Waals surface area contributed by atoms with E-state index in [9.17, 15) is 4.79 Å². The molecule has 3 N–H and O–H groups in total. The second kappa shape index (κ2) is 6.56. The minimum atomic E-state index is -0.203. The molecule has 0 aromatic carbocycles. The van der Waals surface area contributed by atoms with Crippen molar-refractivity contribution in [2.24, 2.45) is 0 Å². The molecule has 0 spiro atoms. The molecule has 0 saturated heterocycles. The van der Waals surface area contributed by atoms with Gasteiger partial charge in [0, 0.05) is 26.5 Å². The van der Waals surface area contributed by atoms with Gasteiger partial charge in [0.2, 0.25) is 0 Å². The monoisotopic (exact) mass is 266 g/mol. The van der Waals surface area contributed by atoms with Crippen LogP contribution in [-0.2, 0) is 4.74 Å². The predicted molar refractivity (Wildman–Crippen MR) is 73.0 cm³/mol. The molecule has 1 saturated carbocycles. The van der Waals surface area contributed by atoms with E-state index in [-0.39, 0.29) is 5.91 Å². The van der Waals surface area contributed by atoms with E-state index in [1.165, 1.54) is 12.8 Å². The average Bonchev–Trinajstić information content (AvgIpc) is 3.03. The topological polar surface area (TPSA) is 82.2 Å². The third-order valence-corrected chi connectivity index (χ3v) is 3.48. The van der Waals surface area contributed by atoms with Crippen LogP contribution in [0.2, 0.25) is 0 Å². The van der Waals surface area contributed by atoms with Crippen molar-refractivity contribution >= 4 is 11.6 Å². The summed E-state index contributed by atoms with van der Waals surface area (Å²) in [5.41, 5.74) is 6.66. The molecule has 1 aliphatic carbocycles. The van der Waals surface area contributed by atoms with Crippen molar-refractivity contribution in [3.05, 3.63) is 11.9 Å². The largest absolute Gasteiger partial charge is 0.396 e. The zero-order chi connectivity index (χ0) is 13.7. The lowest BCUT2D eigenvalue weighted by atomic mass is 10.3. The lowest BCUT2D eigenvalue weighted by Crippen LogP contribution is -2.26. The second-order valence-electron chi connectivity index (χ2n) is 4.95. The average molecular weight is 266 g/mol. The number of carbonyl (C=O) groups excluding carboxylic acids is 1. The van der Waals surface area contributed by atoms with Crippen molar-refractivity contribution in [1.82, 2.24) is 15.1 Å². The van der Waals surface area contributed by atoms with E-state index in [1.54, 1.807) is 13.3 Å². The van der Waals surface area contributed by atoms with Crippen LogP contribution in [0.5, 0.6) is 0 Å². The van der Waals surface area contributed by atoms with E-state index in [0.29, 0.717) is 30.6 Å². The van der Waals surface area contributed by atoms with Gasteiger partial charge in [-0.1, -0.05) is 12.8 Å². The van der Waals surface area contributed by atoms with Crippen molar-refractivity contribution < 1.29 is 9.53 Å². The summed E-state index contributed by atoms with van der Waals surface area (Å²) in [5.74, 6) is -0.203. The number of aromatic nitrogens is 2. The van der Waals surface area contributed by atoms with E-state index in [4.69, 9.17) is 10.5 Å². The highest BCUT2D eigenvalue weighted by atomic mass is 16.5. The van der Waals surface area contributed by atoms with Gasteiger partial charge < -0.3 is 15.8 Å². The van der Waals surface area contributed by atoms with Gasteiger partial charge in [-0.25, -0.2) is 0 Å². The van der Waals surface area contributed by atoms with Crippen LogP contribution in [0.4, 0.5) is 5.69 Å². The Kier molecular flexibility index (Phi) is 4.79. The molecule has 0 unspecified atom stereocenters. The first-order chi connectivity index (χ1) is 9.22. The van der Waals surface area contributed by atoms with Crippen molar-refractivity contribution in [2.45, 2.75) is 38.1 Å². The minimum absolute atomic E-state index is 0.203. The Morgan fingerprint density at radius 1 is 1.58 bits per heavy atom. The number of nitrogens with one attached hydrogen (secondary N) is 1. The molecule has 2 rings (SSSR count). The van der Waals surface area contributed by atoms with Gasteiger partial charge in [0.1, 0.15) is 0 Å². The molecule has 0 radical (unpaired) electrons. The summed E-state index contributed by atoms with van der Waals surface area (Å²) in [6.45, 7) is 1.20. The Bertz CT molecular complexity index is 424. The Morgan fingerprint density at radius 2 is 2.32 bits per heavy atom. The first-order valence-electron chi connectivity index (χ1n) is 6.84. The van der Waals surface area contributed by atoms with Crippen molar-refractivity contribution in [3.8, 4) is 0 Å². The Morgan fingerprint density at radius 3 is 3.00 bits per heavy atom. The number of rotatable bonds is 6. The molecule has 0 aliphatic heterocycles. The summed E-state index contributed by atoms with van der Waals surface area (Å²) in [5, 5.41) is 7.14. The summed E-state index contributed by atoms with van der Waals surface area (Å²) in [6, 6.07) is 0.400. The van der Waals surface area contributed by atoms with Crippen molar-refractivity contribution in [3.63, 3.8) is 0 Å². The molecule has 1 fully saturated rings. The number of nitrogen functional groups attached to an aromatic ring is 1. The van der Waals surface area contributed by atoms with E-state index in [2.05, 4.69) is 10.4 Å². The minimum Gasteiger partial charge on any atom is -0.396 e. The molecule has 6 nitrogen and oxygen atoms in total. The zero-order valence-corrected chi connectivity index (χ0v) is 11.4. The molecule has 1 aromatic heterocycles. The number of carbonyl (C=O) groups is 1. The second-order valence-corrected chi connectivity index (χ2v) is 4.95. The van der Waals surface area contributed by atoms with E-state index in [1.807, 2.05) is 4.68 Å². The molecule has 106 valence electrons. The van der Waals surface area contributed by atoms with E-state index >= 15 is 0 Å². The van der Waals surface area contributed by atoms with Crippen LogP contribution >= 0.6 is 0 Å². The maximum atomic E-state index is 11.9. The number of amides is 1. The van der Waals surface area contributed by atoms with Gasteiger partial charge in [-0.05, 0) is 19.3 Å². The Hall–Kier alpha value is -1.56. The van der Waals surface area contributed by atoms with Crippen molar-refractivity contribution in [1.29, 1.82) is 0 Å². The number of hydrogen-bond donors (Lipinski definition) is 2. The Labute approximate surface area is 113 Å². The first kappa shape index (κ1) is 13.9. The molecular formula is C13H22N4O2. The van der Waals surface area contributed by atoms with Crippen molar-refractivity contribution in [2.75, 3.05) is 26.0 Å². The summed E-state index contributed by atoms with van der Waals surface area (Å²) >= 11 is 0. The molecular weight excluding hydrogens is 244 g/mol. The molecule has 0 atom stereocenters. The van der Waals surface area contributed by atoms with Crippen LogP contribution < -0.4 is 11.1 Å². The molecule has 1 aliphatic rings. The number of nitrogens with zero attached hydrogens (tertiary/aromatic N) is 2. The highest BCUT2D eigenvalue weighted by molar-refractivity contribution is 5.96. The fraction of sp³-hybridized carbons (Fsp3) is 0.692. The maximum Gasteiger partial charge on any atom is 0.273 e. The number of anilines is 1. The Balaban J connectivity index is 1.93.